The molecule has 62 heavy (non-hydrogen) atoms. The first-order valence-corrected chi connectivity index (χ1v) is 23.2. The quantitative estimate of drug-likeness (QED) is 0.0949. The SMILES string of the molecule is CC(C)(C)OC(=O)N(C(=O)OC(C)(C)C)[Si](Oc1cc(C#CCNc2cccc3ccn(C(=O)OC(C)(C)C)c23)cc2scnc12)(c1ccccc1)c1ccc(C(C)(C)C)cc1. The third-order valence-corrected chi connectivity index (χ3v) is 13.9. The van der Waals surface area contributed by atoms with E-state index >= 15 is 0 Å². The van der Waals surface area contributed by atoms with Crippen molar-refractivity contribution in [3.8, 4) is 17.6 Å². The van der Waals surface area contributed by atoms with Crippen LogP contribution in [0.15, 0.2) is 103 Å². The number of para-hydroxylation sites is 1. The maximum atomic E-state index is 14.7. The van der Waals surface area contributed by atoms with Crippen molar-refractivity contribution < 1.29 is 33.0 Å². The topological polar surface area (TPSA) is 121 Å². The molecule has 0 spiro atoms. The van der Waals surface area contributed by atoms with E-state index in [0.29, 0.717) is 32.7 Å². The molecule has 0 radical (unpaired) electrons. The van der Waals surface area contributed by atoms with Crippen LogP contribution in [-0.4, -0.2) is 64.2 Å². The molecule has 2 amide bonds. The summed E-state index contributed by atoms with van der Waals surface area (Å²) in [5.74, 6) is 6.84. The number of thiazole rings is 1. The smallest absolute Gasteiger partial charge is 0.444 e. The van der Waals surface area contributed by atoms with Gasteiger partial charge in [0.05, 0.1) is 28.0 Å². The number of rotatable bonds is 7. The van der Waals surface area contributed by atoms with Crippen LogP contribution in [0, 0.1) is 11.8 Å². The number of aromatic nitrogens is 2. The highest BCUT2D eigenvalue weighted by molar-refractivity contribution is 7.16. The minimum atomic E-state index is -4.32. The van der Waals surface area contributed by atoms with Gasteiger partial charge in [0.1, 0.15) is 28.1 Å². The lowest BCUT2D eigenvalue weighted by molar-refractivity contribution is 0.0137. The molecule has 0 saturated heterocycles. The maximum Gasteiger partial charge on any atom is 0.444 e. The number of ether oxygens (including phenoxy) is 3. The van der Waals surface area contributed by atoms with Crippen LogP contribution in [0.25, 0.3) is 21.1 Å². The number of hydrogen-bond acceptors (Lipinski definition) is 10. The summed E-state index contributed by atoms with van der Waals surface area (Å²) in [5.41, 5.74) is 2.55. The van der Waals surface area contributed by atoms with Gasteiger partial charge in [0.15, 0.2) is 0 Å². The summed E-state index contributed by atoms with van der Waals surface area (Å²) in [4.78, 5) is 47.3. The van der Waals surface area contributed by atoms with Gasteiger partial charge in [-0.2, -0.15) is 4.57 Å². The second-order valence-electron chi connectivity index (χ2n) is 19.0. The van der Waals surface area contributed by atoms with Gasteiger partial charge in [-0.05, 0) is 97.6 Å². The average molecular weight is 873 g/mol. The number of nitrogens with zero attached hydrogens (tertiary/aromatic N) is 3. The number of carbonyl (C=O) groups excluding carboxylic acids is 3. The van der Waals surface area contributed by atoms with Crippen molar-refractivity contribution >= 4 is 75.3 Å². The van der Waals surface area contributed by atoms with Gasteiger partial charge in [0.2, 0.25) is 0 Å². The Bertz CT molecular complexity index is 2620. The van der Waals surface area contributed by atoms with Crippen molar-refractivity contribution in [3.05, 3.63) is 114 Å². The molecule has 6 rings (SSSR count). The molecule has 0 bridgehead atoms. The molecule has 2 heterocycles. The molecule has 6 aromatic rings. The van der Waals surface area contributed by atoms with Crippen molar-refractivity contribution in [1.82, 2.24) is 14.1 Å². The fourth-order valence-corrected chi connectivity index (χ4v) is 11.0. The molecule has 0 saturated carbocycles. The number of hydrogen-bond donors (Lipinski definition) is 1. The van der Waals surface area contributed by atoms with E-state index in [1.54, 1.807) is 59.3 Å². The first-order valence-electron chi connectivity index (χ1n) is 20.5. The van der Waals surface area contributed by atoms with E-state index in [-0.39, 0.29) is 12.0 Å². The highest BCUT2D eigenvalue weighted by atomic mass is 32.1. The molecule has 0 aliphatic heterocycles. The number of imide groups is 1. The predicted octanol–water partition coefficient (Wildman–Crippen LogP) is 10.6. The van der Waals surface area contributed by atoms with Gasteiger partial charge in [0.25, 0.3) is 0 Å². The van der Waals surface area contributed by atoms with Crippen LogP contribution in [0.3, 0.4) is 0 Å². The summed E-state index contributed by atoms with van der Waals surface area (Å²) in [6.45, 7) is 22.6. The van der Waals surface area contributed by atoms with Crippen LogP contribution in [0.5, 0.6) is 5.75 Å². The first-order chi connectivity index (χ1) is 28.9. The van der Waals surface area contributed by atoms with Gasteiger partial charge in [-0.1, -0.05) is 99.3 Å². The molecule has 1 unspecified atom stereocenters. The summed E-state index contributed by atoms with van der Waals surface area (Å²) in [5, 5.41) is 5.44. The van der Waals surface area contributed by atoms with E-state index < -0.39 is 43.6 Å². The van der Waals surface area contributed by atoms with Crippen LogP contribution in [0.2, 0.25) is 0 Å². The minimum Gasteiger partial charge on any atom is -0.516 e. The van der Waals surface area contributed by atoms with Gasteiger partial charge in [-0.25, -0.2) is 19.4 Å². The number of benzene rings is 4. The largest absolute Gasteiger partial charge is 0.516 e. The molecule has 0 fully saturated rings. The predicted molar refractivity (Wildman–Crippen MR) is 250 cm³/mol. The first kappa shape index (κ1) is 45.4. The van der Waals surface area contributed by atoms with Gasteiger partial charge in [0, 0.05) is 27.5 Å². The molecular weight excluding hydrogens is 817 g/mol. The highest BCUT2D eigenvalue weighted by Crippen LogP contribution is 2.34. The maximum absolute atomic E-state index is 14.7. The standard InChI is InChI=1S/C49H56N4O7SSi/c1-46(2,3)35-23-25-37(26-24-35)62(36-20-14-13-15-21-36,53(44(55)58-48(7,8)9)45(56)59-49(10,11)12)60-39-30-33(31-40-41(39)51-32-61-40)18-17-28-50-38-22-16-19-34-27-29-52(42(34)38)43(54)57-47(4,5)6/h13-16,19-27,29-32,50H,28H2,1-12H3. The summed E-state index contributed by atoms with van der Waals surface area (Å²) >= 11 is 1.42. The number of nitrogens with one attached hydrogen (secondary N) is 1. The van der Waals surface area contributed by atoms with E-state index in [2.05, 4.69) is 37.9 Å². The zero-order chi connectivity index (χ0) is 45.3. The molecule has 324 valence electrons. The molecule has 13 heteroatoms. The fraction of sp³-hybridized carbons (Fsp3) is 0.347. The number of fused-ring (bicyclic) bond motifs is 2. The molecule has 4 aromatic carbocycles. The summed E-state index contributed by atoms with van der Waals surface area (Å²) in [6, 6.07) is 28.5. The van der Waals surface area contributed by atoms with E-state index in [1.807, 2.05) is 106 Å². The Morgan fingerprint density at radius 3 is 1.95 bits per heavy atom. The van der Waals surface area contributed by atoms with E-state index in [1.165, 1.54) is 15.9 Å². The van der Waals surface area contributed by atoms with Crippen LogP contribution < -0.4 is 20.1 Å². The number of carbonyl (C=O) groups is 3. The van der Waals surface area contributed by atoms with Crippen LogP contribution in [0.1, 0.15) is 94.2 Å². The van der Waals surface area contributed by atoms with E-state index in [9.17, 15) is 14.4 Å². The number of amides is 2. The van der Waals surface area contributed by atoms with Crippen molar-refractivity contribution in [2.45, 2.75) is 105 Å². The lowest BCUT2D eigenvalue weighted by atomic mass is 9.87. The zero-order valence-electron chi connectivity index (χ0n) is 37.6. The lowest BCUT2D eigenvalue weighted by Crippen LogP contribution is -2.77. The van der Waals surface area contributed by atoms with E-state index in [4.69, 9.17) is 23.6 Å². The monoisotopic (exact) mass is 872 g/mol. The second-order valence-corrected chi connectivity index (χ2v) is 23.0. The van der Waals surface area contributed by atoms with Crippen LogP contribution in [-0.2, 0) is 19.6 Å². The van der Waals surface area contributed by atoms with Crippen molar-refractivity contribution in [1.29, 1.82) is 0 Å². The molecule has 2 aromatic heterocycles. The van der Waals surface area contributed by atoms with Crippen LogP contribution >= 0.6 is 11.3 Å². The third kappa shape index (κ3) is 10.5. The van der Waals surface area contributed by atoms with Crippen molar-refractivity contribution in [3.63, 3.8) is 0 Å². The number of anilines is 1. The van der Waals surface area contributed by atoms with Crippen molar-refractivity contribution in [2.24, 2.45) is 0 Å². The molecule has 1 atom stereocenters. The molecule has 11 nitrogen and oxygen atoms in total. The zero-order valence-corrected chi connectivity index (χ0v) is 39.4. The summed E-state index contributed by atoms with van der Waals surface area (Å²) in [6.07, 6.45) is -0.597. The third-order valence-electron chi connectivity index (χ3n) is 9.33. The van der Waals surface area contributed by atoms with Crippen molar-refractivity contribution in [2.75, 3.05) is 11.9 Å². The van der Waals surface area contributed by atoms with Crippen LogP contribution in [0.4, 0.5) is 20.1 Å². The molecule has 1 N–H and O–H groups in total. The normalized spacial score (nSPS) is 13.1. The minimum absolute atomic E-state index is 0.185. The molecular formula is C49H56N4O7SSi. The Labute approximate surface area is 369 Å². The van der Waals surface area contributed by atoms with Gasteiger partial charge >= 0.3 is 26.8 Å². The Kier molecular flexibility index (Phi) is 12.7. The Morgan fingerprint density at radius 2 is 1.35 bits per heavy atom. The van der Waals surface area contributed by atoms with Gasteiger partial charge in [-0.3, -0.25) is 4.57 Å². The summed E-state index contributed by atoms with van der Waals surface area (Å²) < 4.78 is 28.5. The molecule has 0 aliphatic carbocycles. The fourth-order valence-electron chi connectivity index (χ4n) is 6.73. The second kappa shape index (κ2) is 17.3. The van der Waals surface area contributed by atoms with Gasteiger partial charge < -0.3 is 24.0 Å². The Balaban J connectivity index is 1.49. The summed E-state index contributed by atoms with van der Waals surface area (Å²) in [7, 11) is -4.32. The Morgan fingerprint density at radius 1 is 0.742 bits per heavy atom. The Hall–Kier alpha value is -6.10. The highest BCUT2D eigenvalue weighted by Gasteiger charge is 2.57. The lowest BCUT2D eigenvalue weighted by Gasteiger charge is -2.41. The average Bonchev–Trinajstić information content (AvgIpc) is 3.83. The van der Waals surface area contributed by atoms with E-state index in [0.717, 1.165) is 25.9 Å². The molecule has 0 aliphatic rings. The van der Waals surface area contributed by atoms with Gasteiger partial charge in [-0.15, -0.1) is 11.3 Å².